The van der Waals surface area contributed by atoms with Crippen molar-refractivity contribution in [1.29, 1.82) is 0 Å². The Balaban J connectivity index is 2.13. The first kappa shape index (κ1) is 16.0. The molecule has 0 unspecified atom stereocenters. The molecule has 2 aromatic carbocycles. The first-order chi connectivity index (χ1) is 12.5. The van der Waals surface area contributed by atoms with Gasteiger partial charge in [0.15, 0.2) is 0 Å². The normalized spacial score (nSPS) is 11.3. The van der Waals surface area contributed by atoms with E-state index in [1.807, 2.05) is 0 Å². The predicted octanol–water partition coefficient (Wildman–Crippen LogP) is 3.49. The number of hydrogen-bond acceptors (Lipinski definition) is 4. The molecule has 7 heteroatoms. The fourth-order valence-corrected chi connectivity index (χ4v) is 3.37. The molecule has 2 N–H and O–H groups in total. The van der Waals surface area contributed by atoms with Gasteiger partial charge in [-0.05, 0) is 31.2 Å². The number of carboxylic acids is 1. The van der Waals surface area contributed by atoms with Crippen molar-refractivity contribution < 1.29 is 19.4 Å². The summed E-state index contributed by atoms with van der Waals surface area (Å²) in [5.41, 5.74) is 2.30. The summed E-state index contributed by atoms with van der Waals surface area (Å²) in [6.07, 6.45) is 0. The van der Waals surface area contributed by atoms with E-state index in [1.165, 1.54) is 12.1 Å². The summed E-state index contributed by atoms with van der Waals surface area (Å²) in [6.45, 7) is 1.51. The highest BCUT2D eigenvalue weighted by Gasteiger charge is 2.21. The minimum atomic E-state index is -0.998. The maximum absolute atomic E-state index is 13.9. The summed E-state index contributed by atoms with van der Waals surface area (Å²) < 4.78 is 15.5. The standard InChI is InChI=1S/C19H14FN3O3/c1-10-17(18-12-4-2-3-5-13(12)19(26)22-21-18)14-8-11(20)6-7-15(14)23(10)9-16(24)25/h2-8H,9H2,1H3,(H,22,26)(H,24,25). The molecule has 0 spiro atoms. The third-order valence-corrected chi connectivity index (χ3v) is 4.48. The van der Waals surface area contributed by atoms with Crippen LogP contribution in [0.1, 0.15) is 5.69 Å². The minimum Gasteiger partial charge on any atom is -0.492 e. The molecule has 0 fully saturated rings. The maximum atomic E-state index is 13.9. The van der Waals surface area contributed by atoms with Gasteiger partial charge in [0, 0.05) is 32.9 Å². The van der Waals surface area contributed by atoms with Crippen molar-refractivity contribution in [2.45, 2.75) is 13.5 Å². The van der Waals surface area contributed by atoms with E-state index in [0.717, 1.165) is 0 Å². The molecule has 130 valence electrons. The van der Waals surface area contributed by atoms with Crippen LogP contribution in [-0.4, -0.2) is 30.9 Å². The van der Waals surface area contributed by atoms with E-state index >= 15 is 0 Å². The quantitative estimate of drug-likeness (QED) is 0.590. The molecule has 0 saturated heterocycles. The Bertz CT molecular complexity index is 1180. The van der Waals surface area contributed by atoms with Gasteiger partial charge in [-0.15, -0.1) is 10.2 Å². The monoisotopic (exact) mass is 351 g/mol. The molecule has 0 radical (unpaired) electrons. The summed E-state index contributed by atoms with van der Waals surface area (Å²) >= 11 is 0. The summed E-state index contributed by atoms with van der Waals surface area (Å²) in [7, 11) is 0. The number of carbonyl (C=O) groups is 1. The zero-order valence-electron chi connectivity index (χ0n) is 13.8. The number of hydrogen-bond donors (Lipinski definition) is 2. The number of halogens is 1. The van der Waals surface area contributed by atoms with Crippen LogP contribution in [0.3, 0.4) is 0 Å². The number of fused-ring (bicyclic) bond motifs is 2. The summed E-state index contributed by atoms with van der Waals surface area (Å²) in [5, 5.41) is 28.9. The highest BCUT2D eigenvalue weighted by atomic mass is 19.1. The number of nitrogens with zero attached hydrogens (tertiary/aromatic N) is 3. The van der Waals surface area contributed by atoms with Crippen LogP contribution in [0, 0.1) is 12.7 Å². The zero-order chi connectivity index (χ0) is 18.4. The maximum Gasteiger partial charge on any atom is 0.323 e. The molecule has 2 heterocycles. The van der Waals surface area contributed by atoms with Crippen molar-refractivity contribution in [2.24, 2.45) is 0 Å². The molecule has 0 atom stereocenters. The van der Waals surface area contributed by atoms with Gasteiger partial charge in [-0.1, -0.05) is 18.2 Å². The van der Waals surface area contributed by atoms with Gasteiger partial charge in [0.1, 0.15) is 18.1 Å². The largest absolute Gasteiger partial charge is 0.492 e. The highest BCUT2D eigenvalue weighted by Crippen LogP contribution is 2.38. The van der Waals surface area contributed by atoms with Gasteiger partial charge >= 0.3 is 5.97 Å². The number of benzene rings is 2. The molecular formula is C19H14FN3O3. The van der Waals surface area contributed by atoms with E-state index in [4.69, 9.17) is 0 Å². The lowest BCUT2D eigenvalue weighted by molar-refractivity contribution is -0.137. The molecule has 2 aromatic heterocycles. The smallest absolute Gasteiger partial charge is 0.323 e. The Morgan fingerprint density at radius 1 is 1.12 bits per heavy atom. The van der Waals surface area contributed by atoms with E-state index in [2.05, 4.69) is 10.2 Å². The van der Waals surface area contributed by atoms with Crippen LogP contribution in [0.5, 0.6) is 5.88 Å². The van der Waals surface area contributed by atoms with Crippen molar-refractivity contribution >= 4 is 27.6 Å². The molecule has 6 nitrogen and oxygen atoms in total. The van der Waals surface area contributed by atoms with Crippen LogP contribution in [0.25, 0.3) is 32.9 Å². The molecule has 0 bridgehead atoms. The number of carboxylic acid groups (broad SMARTS) is 1. The van der Waals surface area contributed by atoms with E-state index < -0.39 is 11.8 Å². The van der Waals surface area contributed by atoms with Gasteiger partial charge in [-0.3, -0.25) is 4.79 Å². The molecule has 0 aliphatic carbocycles. The van der Waals surface area contributed by atoms with Crippen molar-refractivity contribution in [3.8, 4) is 17.1 Å². The van der Waals surface area contributed by atoms with Crippen molar-refractivity contribution in [3.63, 3.8) is 0 Å². The number of aliphatic carboxylic acids is 1. The lowest BCUT2D eigenvalue weighted by Crippen LogP contribution is -2.10. The van der Waals surface area contributed by atoms with Gasteiger partial charge in [-0.2, -0.15) is 0 Å². The van der Waals surface area contributed by atoms with E-state index in [0.29, 0.717) is 38.6 Å². The van der Waals surface area contributed by atoms with Gasteiger partial charge in [0.25, 0.3) is 0 Å². The summed E-state index contributed by atoms with van der Waals surface area (Å²) in [5.74, 6) is -1.62. The summed E-state index contributed by atoms with van der Waals surface area (Å²) in [6, 6.07) is 11.3. The second-order valence-electron chi connectivity index (χ2n) is 6.02. The van der Waals surface area contributed by atoms with Gasteiger partial charge in [-0.25, -0.2) is 4.39 Å². The van der Waals surface area contributed by atoms with Crippen LogP contribution >= 0.6 is 0 Å². The Kier molecular flexibility index (Phi) is 3.57. The van der Waals surface area contributed by atoms with Crippen molar-refractivity contribution in [3.05, 3.63) is 54.0 Å². The number of aromatic hydroxyl groups is 1. The molecule has 0 aliphatic rings. The molecule has 0 saturated carbocycles. The van der Waals surface area contributed by atoms with Crippen LogP contribution in [0.4, 0.5) is 4.39 Å². The molecule has 4 rings (SSSR count). The van der Waals surface area contributed by atoms with Crippen LogP contribution < -0.4 is 0 Å². The van der Waals surface area contributed by atoms with Crippen LogP contribution in [0.2, 0.25) is 0 Å². The third-order valence-electron chi connectivity index (χ3n) is 4.48. The molecule has 4 aromatic rings. The first-order valence-electron chi connectivity index (χ1n) is 7.92. The van der Waals surface area contributed by atoms with Crippen molar-refractivity contribution in [1.82, 2.24) is 14.8 Å². The van der Waals surface area contributed by atoms with Gasteiger partial charge < -0.3 is 14.8 Å². The Hall–Kier alpha value is -3.48. The van der Waals surface area contributed by atoms with E-state index in [1.54, 1.807) is 41.8 Å². The average molecular weight is 351 g/mol. The van der Waals surface area contributed by atoms with Crippen LogP contribution in [-0.2, 0) is 11.3 Å². The predicted molar refractivity (Wildman–Crippen MR) is 94.5 cm³/mol. The van der Waals surface area contributed by atoms with E-state index in [9.17, 15) is 19.4 Å². The molecule has 0 amide bonds. The lowest BCUT2D eigenvalue weighted by Gasteiger charge is -2.08. The average Bonchev–Trinajstić information content (AvgIpc) is 2.87. The highest BCUT2D eigenvalue weighted by molar-refractivity contribution is 6.06. The Morgan fingerprint density at radius 2 is 1.85 bits per heavy atom. The lowest BCUT2D eigenvalue weighted by atomic mass is 10.0. The Morgan fingerprint density at radius 3 is 2.58 bits per heavy atom. The molecule has 0 aliphatic heterocycles. The van der Waals surface area contributed by atoms with Gasteiger partial charge in [0.05, 0.1) is 0 Å². The minimum absolute atomic E-state index is 0.192. The fourth-order valence-electron chi connectivity index (χ4n) is 3.37. The number of aromatic nitrogens is 3. The SMILES string of the molecule is Cc1c(-c2nnc(O)c3ccccc23)c2cc(F)ccc2n1CC(=O)O. The zero-order valence-corrected chi connectivity index (χ0v) is 13.8. The Labute approximate surface area is 147 Å². The van der Waals surface area contributed by atoms with E-state index in [-0.39, 0.29) is 12.4 Å². The molecular weight excluding hydrogens is 337 g/mol. The fraction of sp³-hybridized carbons (Fsp3) is 0.105. The number of rotatable bonds is 3. The third kappa shape index (κ3) is 2.36. The topological polar surface area (TPSA) is 88.2 Å². The molecule has 26 heavy (non-hydrogen) atoms. The van der Waals surface area contributed by atoms with Crippen LogP contribution in [0.15, 0.2) is 42.5 Å². The summed E-state index contributed by atoms with van der Waals surface area (Å²) in [4.78, 5) is 11.3. The first-order valence-corrected chi connectivity index (χ1v) is 7.92. The second kappa shape index (κ2) is 5.80. The second-order valence-corrected chi connectivity index (χ2v) is 6.02. The van der Waals surface area contributed by atoms with Crippen molar-refractivity contribution in [2.75, 3.05) is 0 Å². The van der Waals surface area contributed by atoms with Gasteiger partial charge in [0.2, 0.25) is 5.88 Å².